The van der Waals surface area contributed by atoms with Crippen LogP contribution in [0.3, 0.4) is 0 Å². The Morgan fingerprint density at radius 2 is 1.95 bits per heavy atom. The minimum atomic E-state index is 0.382. The Labute approximate surface area is 130 Å². The topological polar surface area (TPSA) is 12.0 Å². The summed E-state index contributed by atoms with van der Waals surface area (Å²) < 4.78 is 1.37. The first kappa shape index (κ1) is 14.3. The van der Waals surface area contributed by atoms with Crippen molar-refractivity contribution in [2.45, 2.75) is 26.3 Å². The second-order valence-electron chi connectivity index (χ2n) is 5.49. The van der Waals surface area contributed by atoms with Crippen LogP contribution in [0.2, 0.25) is 0 Å². The zero-order chi connectivity index (χ0) is 14.7. The summed E-state index contributed by atoms with van der Waals surface area (Å²) in [6.45, 7) is 5.32. The lowest BCUT2D eigenvalue weighted by Crippen LogP contribution is -2.22. The van der Waals surface area contributed by atoms with Gasteiger partial charge in [0.25, 0.3) is 0 Å². The van der Waals surface area contributed by atoms with Gasteiger partial charge in [-0.3, -0.25) is 0 Å². The Morgan fingerprint density at radius 3 is 2.76 bits per heavy atom. The Kier molecular flexibility index (Phi) is 4.37. The highest BCUT2D eigenvalue weighted by Gasteiger charge is 2.15. The van der Waals surface area contributed by atoms with Crippen molar-refractivity contribution in [2.24, 2.45) is 0 Å². The van der Waals surface area contributed by atoms with Crippen LogP contribution in [0.15, 0.2) is 53.9 Å². The summed E-state index contributed by atoms with van der Waals surface area (Å²) >= 11 is 1.84. The van der Waals surface area contributed by atoms with Gasteiger partial charge in [0.2, 0.25) is 0 Å². The van der Waals surface area contributed by atoms with E-state index < -0.39 is 0 Å². The zero-order valence-corrected chi connectivity index (χ0v) is 13.4. The Bertz CT molecular complexity index is 729. The summed E-state index contributed by atoms with van der Waals surface area (Å²) in [5.41, 5.74) is 4.16. The zero-order valence-electron chi connectivity index (χ0n) is 12.6. The monoisotopic (exact) mass is 295 g/mol. The average Bonchev–Trinajstić information content (AvgIpc) is 2.91. The van der Waals surface area contributed by atoms with E-state index in [0.29, 0.717) is 6.04 Å². The molecule has 3 rings (SSSR count). The highest BCUT2D eigenvalue weighted by molar-refractivity contribution is 7.17. The molecule has 1 unspecified atom stereocenters. The first-order valence-electron chi connectivity index (χ1n) is 7.53. The lowest BCUT2D eigenvalue weighted by molar-refractivity contribution is 0.554. The molecule has 0 bridgehead atoms. The summed E-state index contributed by atoms with van der Waals surface area (Å²) in [5, 5.41) is 7.35. The number of likely N-dealkylation sites (N-methyl/N-ethyl adjacent to an activating group) is 1. The highest BCUT2D eigenvalue weighted by Crippen LogP contribution is 2.31. The third-order valence-electron chi connectivity index (χ3n) is 3.86. The molecule has 0 fully saturated rings. The third-order valence-corrected chi connectivity index (χ3v) is 4.84. The van der Waals surface area contributed by atoms with Crippen molar-refractivity contribution in [3.8, 4) is 0 Å². The number of nitrogens with one attached hydrogen (secondary N) is 1. The molecule has 0 spiro atoms. The van der Waals surface area contributed by atoms with Crippen LogP contribution in [0.1, 0.15) is 29.7 Å². The summed E-state index contributed by atoms with van der Waals surface area (Å²) in [6.07, 6.45) is 1.04. The second-order valence-corrected chi connectivity index (χ2v) is 6.40. The molecule has 108 valence electrons. The van der Waals surface area contributed by atoms with Crippen molar-refractivity contribution < 1.29 is 0 Å². The highest BCUT2D eigenvalue weighted by atomic mass is 32.1. The van der Waals surface area contributed by atoms with E-state index in [1.807, 2.05) is 11.3 Å². The molecule has 0 aliphatic heterocycles. The molecule has 1 heterocycles. The lowest BCUT2D eigenvalue weighted by Gasteiger charge is -2.18. The second kappa shape index (κ2) is 6.42. The predicted molar refractivity (Wildman–Crippen MR) is 93.1 cm³/mol. The molecule has 2 heteroatoms. The van der Waals surface area contributed by atoms with Crippen LogP contribution in [0.5, 0.6) is 0 Å². The molecule has 0 saturated heterocycles. The van der Waals surface area contributed by atoms with E-state index in [-0.39, 0.29) is 0 Å². The fourth-order valence-electron chi connectivity index (χ4n) is 2.88. The van der Waals surface area contributed by atoms with E-state index in [9.17, 15) is 0 Å². The maximum absolute atomic E-state index is 3.65. The van der Waals surface area contributed by atoms with E-state index in [0.717, 1.165) is 13.0 Å². The van der Waals surface area contributed by atoms with E-state index in [1.54, 1.807) is 0 Å². The number of thiophene rings is 1. The van der Waals surface area contributed by atoms with Gasteiger partial charge in [0.05, 0.1) is 0 Å². The van der Waals surface area contributed by atoms with Gasteiger partial charge < -0.3 is 5.32 Å². The van der Waals surface area contributed by atoms with E-state index >= 15 is 0 Å². The molecule has 0 saturated carbocycles. The van der Waals surface area contributed by atoms with E-state index in [2.05, 4.69) is 73.1 Å². The van der Waals surface area contributed by atoms with Gasteiger partial charge in [0, 0.05) is 10.7 Å². The molecular formula is C19H21NS. The minimum Gasteiger partial charge on any atom is -0.310 e. The SMILES string of the molecule is CCNC(Cc1cccc(C)c1)c1csc2ccccc12. The number of benzene rings is 2. The van der Waals surface area contributed by atoms with Crippen LogP contribution < -0.4 is 5.32 Å². The summed E-state index contributed by atoms with van der Waals surface area (Å²) in [4.78, 5) is 0. The fraction of sp³-hybridized carbons (Fsp3) is 0.263. The Morgan fingerprint density at radius 1 is 1.10 bits per heavy atom. The Balaban J connectivity index is 1.94. The number of fused-ring (bicyclic) bond motifs is 1. The largest absolute Gasteiger partial charge is 0.310 e. The Hall–Kier alpha value is -1.64. The molecule has 0 amide bonds. The quantitative estimate of drug-likeness (QED) is 0.690. The molecule has 1 N–H and O–H groups in total. The predicted octanol–water partition coefficient (Wildman–Crippen LogP) is 5.10. The molecular weight excluding hydrogens is 274 g/mol. The minimum absolute atomic E-state index is 0.382. The molecule has 1 aromatic heterocycles. The van der Waals surface area contributed by atoms with Gasteiger partial charge in [-0.15, -0.1) is 11.3 Å². The van der Waals surface area contributed by atoms with Gasteiger partial charge in [0.1, 0.15) is 0 Å². The molecule has 2 aromatic carbocycles. The van der Waals surface area contributed by atoms with Crippen molar-refractivity contribution in [2.75, 3.05) is 6.54 Å². The van der Waals surface area contributed by atoms with Gasteiger partial charge >= 0.3 is 0 Å². The summed E-state index contributed by atoms with van der Waals surface area (Å²) in [6, 6.07) is 17.9. The molecule has 0 radical (unpaired) electrons. The van der Waals surface area contributed by atoms with Crippen LogP contribution in [0, 0.1) is 6.92 Å². The van der Waals surface area contributed by atoms with Crippen LogP contribution in [-0.4, -0.2) is 6.54 Å². The van der Waals surface area contributed by atoms with Crippen LogP contribution in [-0.2, 0) is 6.42 Å². The molecule has 1 atom stereocenters. The van der Waals surface area contributed by atoms with Gasteiger partial charge in [-0.2, -0.15) is 0 Å². The van der Waals surface area contributed by atoms with Crippen molar-refractivity contribution in [1.29, 1.82) is 0 Å². The first-order chi connectivity index (χ1) is 10.3. The molecule has 3 aromatic rings. The summed E-state index contributed by atoms with van der Waals surface area (Å²) in [7, 11) is 0. The average molecular weight is 295 g/mol. The molecule has 0 aliphatic carbocycles. The van der Waals surface area contributed by atoms with Crippen molar-refractivity contribution >= 4 is 21.4 Å². The maximum Gasteiger partial charge on any atom is 0.0375 e. The van der Waals surface area contributed by atoms with Crippen LogP contribution in [0.4, 0.5) is 0 Å². The van der Waals surface area contributed by atoms with E-state index in [4.69, 9.17) is 0 Å². The van der Waals surface area contributed by atoms with Crippen LogP contribution in [0.25, 0.3) is 10.1 Å². The standard InChI is InChI=1S/C19H21NS/c1-3-20-18(12-15-8-6-7-14(2)11-15)17-13-21-19-10-5-4-9-16(17)19/h4-11,13,18,20H,3,12H2,1-2H3. The number of rotatable bonds is 5. The third kappa shape index (κ3) is 3.17. The maximum atomic E-state index is 3.65. The molecule has 21 heavy (non-hydrogen) atoms. The number of hydrogen-bond donors (Lipinski definition) is 1. The summed E-state index contributed by atoms with van der Waals surface area (Å²) in [5.74, 6) is 0. The fourth-order valence-corrected chi connectivity index (χ4v) is 3.90. The number of aryl methyl sites for hydroxylation is 1. The van der Waals surface area contributed by atoms with Crippen LogP contribution >= 0.6 is 11.3 Å². The van der Waals surface area contributed by atoms with Gasteiger partial charge in [-0.05, 0) is 47.8 Å². The number of hydrogen-bond acceptors (Lipinski definition) is 2. The van der Waals surface area contributed by atoms with Crippen molar-refractivity contribution in [3.63, 3.8) is 0 Å². The molecule has 1 nitrogen and oxygen atoms in total. The smallest absolute Gasteiger partial charge is 0.0375 e. The van der Waals surface area contributed by atoms with Crippen molar-refractivity contribution in [3.05, 3.63) is 70.6 Å². The normalized spacial score (nSPS) is 12.7. The van der Waals surface area contributed by atoms with Gasteiger partial charge in [-0.25, -0.2) is 0 Å². The molecule has 0 aliphatic rings. The van der Waals surface area contributed by atoms with Crippen molar-refractivity contribution in [1.82, 2.24) is 5.32 Å². The van der Waals surface area contributed by atoms with Gasteiger partial charge in [0.15, 0.2) is 0 Å². The van der Waals surface area contributed by atoms with E-state index in [1.165, 1.54) is 26.8 Å². The first-order valence-corrected chi connectivity index (χ1v) is 8.41. The van der Waals surface area contributed by atoms with Gasteiger partial charge in [-0.1, -0.05) is 55.0 Å². The lowest BCUT2D eigenvalue weighted by atomic mass is 9.97.